The van der Waals surface area contributed by atoms with Gasteiger partial charge in [0.2, 0.25) is 0 Å². The van der Waals surface area contributed by atoms with Gasteiger partial charge in [-0.05, 0) is 34.1 Å². The van der Waals surface area contributed by atoms with Crippen molar-refractivity contribution in [1.82, 2.24) is 9.97 Å². The maximum Gasteiger partial charge on any atom is 0.263 e. The van der Waals surface area contributed by atoms with Crippen molar-refractivity contribution in [3.63, 3.8) is 0 Å². The van der Waals surface area contributed by atoms with Gasteiger partial charge in [-0.3, -0.25) is 4.72 Å². The second-order valence-electron chi connectivity index (χ2n) is 3.42. The van der Waals surface area contributed by atoms with Crippen LogP contribution in [0.25, 0.3) is 0 Å². The second kappa shape index (κ2) is 5.62. The van der Waals surface area contributed by atoms with Gasteiger partial charge >= 0.3 is 0 Å². The predicted molar refractivity (Wildman–Crippen MR) is 77.0 cm³/mol. The van der Waals surface area contributed by atoms with Gasteiger partial charge in [-0.2, -0.15) is 0 Å². The lowest BCUT2D eigenvalue weighted by Crippen LogP contribution is -2.13. The maximum atomic E-state index is 12.0. The number of sulfonamides is 1. The summed E-state index contributed by atoms with van der Waals surface area (Å²) in [5.74, 6) is 0. The molecule has 100 valence electrons. The second-order valence-corrected chi connectivity index (χ2v) is 6.70. The van der Waals surface area contributed by atoms with Gasteiger partial charge in [0.1, 0.15) is 15.2 Å². The Kier molecular flexibility index (Phi) is 4.29. The summed E-state index contributed by atoms with van der Waals surface area (Å²) >= 11 is 14.5. The fraction of sp³-hybridized carbons (Fsp3) is 0. The molecule has 0 bridgehead atoms. The number of hydrogen-bond donors (Lipinski definition) is 1. The van der Waals surface area contributed by atoms with Crippen LogP contribution in [0.15, 0.2) is 40.0 Å². The van der Waals surface area contributed by atoms with Crippen LogP contribution in [0.3, 0.4) is 0 Å². The number of halogens is 3. The van der Waals surface area contributed by atoms with Gasteiger partial charge in [0.15, 0.2) is 0 Å². The molecular formula is C10H6BrCl2N3O2S. The molecular weight excluding hydrogens is 377 g/mol. The minimum atomic E-state index is -3.73. The van der Waals surface area contributed by atoms with E-state index in [1.54, 1.807) is 0 Å². The summed E-state index contributed by atoms with van der Waals surface area (Å²) in [5, 5.41) is 0.464. The lowest BCUT2D eigenvalue weighted by atomic mass is 10.4. The van der Waals surface area contributed by atoms with Crippen molar-refractivity contribution in [2.75, 3.05) is 4.72 Å². The lowest BCUT2D eigenvalue weighted by molar-refractivity contribution is 0.601. The van der Waals surface area contributed by atoms with Crippen LogP contribution in [0, 0.1) is 0 Å². The quantitative estimate of drug-likeness (QED) is 0.826. The molecule has 0 fully saturated rings. The van der Waals surface area contributed by atoms with Crippen molar-refractivity contribution >= 4 is 54.8 Å². The minimum absolute atomic E-state index is 0.00275. The van der Waals surface area contributed by atoms with E-state index in [0.29, 0.717) is 4.47 Å². The Bertz CT molecular complexity index is 707. The van der Waals surface area contributed by atoms with Gasteiger partial charge in [-0.15, -0.1) is 0 Å². The van der Waals surface area contributed by atoms with Gasteiger partial charge in [0.05, 0.1) is 16.4 Å². The first-order valence-electron chi connectivity index (χ1n) is 4.84. The van der Waals surface area contributed by atoms with Crippen LogP contribution >= 0.6 is 39.1 Å². The normalized spacial score (nSPS) is 11.3. The van der Waals surface area contributed by atoms with Gasteiger partial charge < -0.3 is 0 Å². The monoisotopic (exact) mass is 381 g/mol. The van der Waals surface area contributed by atoms with Crippen LogP contribution in [0.4, 0.5) is 5.69 Å². The molecule has 5 nitrogen and oxygen atoms in total. The number of aromatic nitrogens is 2. The smallest absolute Gasteiger partial charge is 0.263 e. The van der Waals surface area contributed by atoms with Crippen molar-refractivity contribution in [1.29, 1.82) is 0 Å². The molecule has 0 saturated heterocycles. The van der Waals surface area contributed by atoms with Gasteiger partial charge in [-0.25, -0.2) is 18.4 Å². The highest BCUT2D eigenvalue weighted by Crippen LogP contribution is 2.24. The molecule has 0 spiro atoms. The molecule has 19 heavy (non-hydrogen) atoms. The van der Waals surface area contributed by atoms with E-state index in [4.69, 9.17) is 23.2 Å². The van der Waals surface area contributed by atoms with Crippen LogP contribution < -0.4 is 4.72 Å². The van der Waals surface area contributed by atoms with E-state index in [2.05, 4.69) is 30.6 Å². The van der Waals surface area contributed by atoms with Gasteiger partial charge in [-0.1, -0.05) is 23.2 Å². The van der Waals surface area contributed by atoms with Crippen LogP contribution in [0.2, 0.25) is 10.3 Å². The Balaban J connectivity index is 2.30. The van der Waals surface area contributed by atoms with E-state index in [-0.39, 0.29) is 20.9 Å². The summed E-state index contributed by atoms with van der Waals surface area (Å²) in [6.45, 7) is 0. The molecule has 0 radical (unpaired) electrons. The Labute approximate surface area is 128 Å². The molecule has 0 saturated carbocycles. The molecule has 0 aliphatic carbocycles. The number of hydrogen-bond acceptors (Lipinski definition) is 4. The zero-order chi connectivity index (χ0) is 14.0. The first-order valence-corrected chi connectivity index (χ1v) is 7.87. The summed E-state index contributed by atoms with van der Waals surface area (Å²) in [6.07, 6.45) is 2.48. The number of pyridine rings is 2. The fourth-order valence-electron chi connectivity index (χ4n) is 1.21. The van der Waals surface area contributed by atoms with E-state index in [9.17, 15) is 8.42 Å². The van der Waals surface area contributed by atoms with Crippen molar-refractivity contribution < 1.29 is 8.42 Å². The Hall–Kier alpha value is -0.890. The van der Waals surface area contributed by atoms with Gasteiger partial charge in [0.25, 0.3) is 10.0 Å². The summed E-state index contributed by atoms with van der Waals surface area (Å²) in [4.78, 5) is 7.55. The zero-order valence-electron chi connectivity index (χ0n) is 9.14. The molecule has 0 amide bonds. The zero-order valence-corrected chi connectivity index (χ0v) is 13.1. The Morgan fingerprint density at radius 2 is 1.89 bits per heavy atom. The molecule has 0 atom stereocenters. The average Bonchev–Trinajstić information content (AvgIpc) is 2.34. The summed E-state index contributed by atoms with van der Waals surface area (Å²) in [7, 11) is -3.73. The van der Waals surface area contributed by atoms with Crippen molar-refractivity contribution in [2.24, 2.45) is 0 Å². The molecule has 9 heteroatoms. The van der Waals surface area contributed by atoms with E-state index in [1.807, 2.05) is 0 Å². The number of nitrogens with zero attached hydrogens (tertiary/aromatic N) is 2. The summed E-state index contributed by atoms with van der Waals surface area (Å²) in [5.41, 5.74) is 0.284. The first kappa shape index (κ1) is 14.5. The predicted octanol–water partition coefficient (Wildman–Crippen LogP) is 3.35. The molecule has 0 aliphatic heterocycles. The van der Waals surface area contributed by atoms with Crippen LogP contribution in [-0.4, -0.2) is 18.4 Å². The fourth-order valence-corrected chi connectivity index (χ4v) is 2.75. The molecule has 2 rings (SSSR count). The standard InChI is InChI=1S/C10H6BrCl2N3O2S/c11-8-3-6(4-15-10(8)13)16-19(17,18)7-1-2-9(12)14-5-7/h1-5,16H. The molecule has 0 unspecified atom stereocenters. The summed E-state index contributed by atoms with van der Waals surface area (Å²) in [6, 6.07) is 4.26. The highest BCUT2D eigenvalue weighted by molar-refractivity contribution is 9.10. The topological polar surface area (TPSA) is 72.0 Å². The molecule has 1 N–H and O–H groups in total. The van der Waals surface area contributed by atoms with Crippen LogP contribution in [0.1, 0.15) is 0 Å². The van der Waals surface area contributed by atoms with Gasteiger partial charge in [0, 0.05) is 6.20 Å². The Morgan fingerprint density at radius 3 is 2.47 bits per heavy atom. The van der Waals surface area contributed by atoms with E-state index in [0.717, 1.165) is 0 Å². The third-order valence-electron chi connectivity index (χ3n) is 2.06. The molecule has 2 aromatic rings. The first-order chi connectivity index (χ1) is 8.88. The van der Waals surface area contributed by atoms with Crippen molar-refractivity contribution in [3.05, 3.63) is 45.4 Å². The molecule has 2 heterocycles. The highest BCUT2D eigenvalue weighted by atomic mass is 79.9. The van der Waals surface area contributed by atoms with E-state index >= 15 is 0 Å². The third kappa shape index (κ3) is 3.56. The van der Waals surface area contributed by atoms with Crippen LogP contribution in [-0.2, 0) is 10.0 Å². The molecule has 0 aromatic carbocycles. The number of rotatable bonds is 3. The lowest BCUT2D eigenvalue weighted by Gasteiger charge is -2.08. The third-order valence-corrected chi connectivity index (χ3v) is 4.78. The minimum Gasteiger partial charge on any atom is -0.278 e. The summed E-state index contributed by atoms with van der Waals surface area (Å²) < 4.78 is 26.9. The van der Waals surface area contributed by atoms with Crippen LogP contribution in [0.5, 0.6) is 0 Å². The highest BCUT2D eigenvalue weighted by Gasteiger charge is 2.15. The molecule has 2 aromatic heterocycles. The van der Waals surface area contributed by atoms with E-state index < -0.39 is 10.0 Å². The number of nitrogens with one attached hydrogen (secondary N) is 1. The van der Waals surface area contributed by atoms with E-state index in [1.165, 1.54) is 30.6 Å². The molecule has 0 aliphatic rings. The van der Waals surface area contributed by atoms with Crippen molar-refractivity contribution in [2.45, 2.75) is 4.90 Å². The largest absolute Gasteiger partial charge is 0.278 e. The maximum absolute atomic E-state index is 12.0. The SMILES string of the molecule is O=S(=O)(Nc1cnc(Cl)c(Br)c1)c1ccc(Cl)nc1. The van der Waals surface area contributed by atoms with Crippen molar-refractivity contribution in [3.8, 4) is 0 Å². The Morgan fingerprint density at radius 1 is 1.16 bits per heavy atom. The average molecular weight is 383 g/mol. The number of anilines is 1.